The van der Waals surface area contributed by atoms with E-state index in [2.05, 4.69) is 106 Å². The third-order valence-corrected chi connectivity index (χ3v) is 8.60. The van der Waals surface area contributed by atoms with Crippen LogP contribution in [0.3, 0.4) is 0 Å². The molecule has 0 bridgehead atoms. The molecule has 0 fully saturated rings. The molecule has 0 saturated carbocycles. The van der Waals surface area contributed by atoms with Crippen LogP contribution in [0.15, 0.2) is 142 Å². The highest BCUT2D eigenvalue weighted by atomic mass is 16.4. The van der Waals surface area contributed by atoms with Gasteiger partial charge in [0.2, 0.25) is 5.89 Å². The number of hydrogen-bond acceptors (Lipinski definition) is 4. The van der Waals surface area contributed by atoms with Crippen molar-refractivity contribution in [3.63, 3.8) is 0 Å². The number of oxazole rings is 2. The molecule has 44 heavy (non-hydrogen) atoms. The Morgan fingerprint density at radius 1 is 0.432 bits per heavy atom. The first-order valence-electron chi connectivity index (χ1n) is 14.6. The van der Waals surface area contributed by atoms with Crippen molar-refractivity contribution in [2.45, 2.75) is 0 Å². The van der Waals surface area contributed by atoms with Gasteiger partial charge in [0, 0.05) is 33.2 Å². The third kappa shape index (κ3) is 3.25. The number of benzene rings is 6. The van der Waals surface area contributed by atoms with E-state index in [1.165, 1.54) is 10.8 Å². The molecule has 0 aliphatic carbocycles. The van der Waals surface area contributed by atoms with Gasteiger partial charge in [-0.3, -0.25) is 4.57 Å². The normalized spacial score (nSPS) is 12.1. The highest BCUT2D eigenvalue weighted by Gasteiger charge is 2.18. The van der Waals surface area contributed by atoms with Gasteiger partial charge in [-0.1, -0.05) is 72.8 Å². The molecular formula is C38H22N4O2. The van der Waals surface area contributed by atoms with E-state index in [9.17, 15) is 0 Å². The Morgan fingerprint density at radius 2 is 1.00 bits per heavy atom. The predicted molar refractivity (Wildman–Crippen MR) is 176 cm³/mol. The minimum Gasteiger partial charge on any atom is -0.436 e. The van der Waals surface area contributed by atoms with Gasteiger partial charge in [-0.25, -0.2) is 4.98 Å². The summed E-state index contributed by atoms with van der Waals surface area (Å²) in [5.74, 6) is 0.544. The molecule has 0 radical (unpaired) electrons. The standard InChI is InChI=1S/C38H22N4O2/c1-5-13-31-25(9-1)26-10-2-6-14-32(26)41(31)24-18-19-29-36(22-24)43-37(39-29)23-17-20-35-30(21-23)40-38(44-35)42-33-15-7-3-11-27(33)28-12-4-8-16-34(28)42/h1-22H. The van der Waals surface area contributed by atoms with Gasteiger partial charge in [0.25, 0.3) is 0 Å². The summed E-state index contributed by atoms with van der Waals surface area (Å²) in [5.41, 5.74) is 9.27. The van der Waals surface area contributed by atoms with Crippen molar-refractivity contribution in [3.8, 4) is 23.2 Å². The van der Waals surface area contributed by atoms with Crippen LogP contribution in [0.4, 0.5) is 0 Å². The summed E-state index contributed by atoms with van der Waals surface area (Å²) in [6, 6.07) is 46.3. The molecule has 4 aromatic heterocycles. The van der Waals surface area contributed by atoms with Gasteiger partial charge >= 0.3 is 6.01 Å². The second-order valence-corrected chi connectivity index (χ2v) is 11.1. The van der Waals surface area contributed by atoms with Gasteiger partial charge in [-0.05, 0) is 54.6 Å². The molecular weight excluding hydrogens is 544 g/mol. The summed E-state index contributed by atoms with van der Waals surface area (Å²) in [7, 11) is 0. The molecule has 6 heteroatoms. The summed E-state index contributed by atoms with van der Waals surface area (Å²) in [6.07, 6.45) is 0. The minimum absolute atomic E-state index is 0.530. The Kier molecular flexibility index (Phi) is 4.63. The number of fused-ring (bicyclic) bond motifs is 8. The van der Waals surface area contributed by atoms with Crippen molar-refractivity contribution >= 4 is 65.8 Å². The smallest absolute Gasteiger partial charge is 0.307 e. The maximum Gasteiger partial charge on any atom is 0.307 e. The maximum absolute atomic E-state index is 6.37. The fourth-order valence-corrected chi connectivity index (χ4v) is 6.65. The Bertz CT molecular complexity index is 2520. The van der Waals surface area contributed by atoms with E-state index in [1.54, 1.807) is 0 Å². The summed E-state index contributed by atoms with van der Waals surface area (Å²) >= 11 is 0. The third-order valence-electron chi connectivity index (χ3n) is 8.60. The van der Waals surface area contributed by atoms with Gasteiger partial charge < -0.3 is 13.4 Å². The quantitative estimate of drug-likeness (QED) is 0.214. The molecule has 0 aliphatic rings. The molecule has 0 spiro atoms. The average Bonchev–Trinajstić information content (AvgIpc) is 3.84. The van der Waals surface area contributed by atoms with Crippen LogP contribution in [0, 0.1) is 0 Å². The van der Waals surface area contributed by atoms with E-state index in [0.29, 0.717) is 17.5 Å². The Morgan fingerprint density at radius 3 is 1.61 bits per heavy atom. The summed E-state index contributed by atoms with van der Waals surface area (Å²) in [6.45, 7) is 0. The van der Waals surface area contributed by atoms with E-state index in [4.69, 9.17) is 18.8 Å². The van der Waals surface area contributed by atoms with Crippen molar-refractivity contribution in [1.82, 2.24) is 19.1 Å². The molecule has 10 aromatic rings. The molecule has 0 aliphatic heterocycles. The van der Waals surface area contributed by atoms with E-state index < -0.39 is 0 Å². The van der Waals surface area contributed by atoms with Crippen LogP contribution in [0.5, 0.6) is 0 Å². The van der Waals surface area contributed by atoms with Gasteiger partial charge in [0.15, 0.2) is 11.2 Å². The molecule has 10 rings (SSSR count). The largest absolute Gasteiger partial charge is 0.436 e. The molecule has 206 valence electrons. The van der Waals surface area contributed by atoms with Gasteiger partial charge in [-0.15, -0.1) is 0 Å². The lowest BCUT2D eigenvalue weighted by Gasteiger charge is -2.07. The zero-order chi connectivity index (χ0) is 28.8. The number of nitrogens with zero attached hydrogens (tertiary/aromatic N) is 4. The average molecular weight is 567 g/mol. The number of aromatic nitrogens is 4. The number of hydrogen-bond donors (Lipinski definition) is 0. The first-order valence-corrected chi connectivity index (χ1v) is 14.6. The summed E-state index contributed by atoms with van der Waals surface area (Å²) in [5, 5.41) is 4.78. The zero-order valence-corrected chi connectivity index (χ0v) is 23.3. The molecule has 6 nitrogen and oxygen atoms in total. The van der Waals surface area contributed by atoms with E-state index in [0.717, 1.165) is 60.7 Å². The Labute approximate surface area is 250 Å². The zero-order valence-electron chi connectivity index (χ0n) is 23.3. The molecule has 0 N–H and O–H groups in total. The van der Waals surface area contributed by atoms with Crippen LogP contribution in [-0.4, -0.2) is 19.1 Å². The van der Waals surface area contributed by atoms with E-state index >= 15 is 0 Å². The molecule has 0 unspecified atom stereocenters. The van der Waals surface area contributed by atoms with Crippen LogP contribution >= 0.6 is 0 Å². The fraction of sp³-hybridized carbons (Fsp3) is 0. The predicted octanol–water partition coefficient (Wildman–Crippen LogP) is 9.83. The molecule has 0 amide bonds. The van der Waals surface area contributed by atoms with Crippen LogP contribution in [0.25, 0.3) is 89.0 Å². The second-order valence-electron chi connectivity index (χ2n) is 11.1. The van der Waals surface area contributed by atoms with E-state index in [1.807, 2.05) is 36.4 Å². The first-order chi connectivity index (χ1) is 21.8. The van der Waals surface area contributed by atoms with Crippen molar-refractivity contribution < 1.29 is 8.83 Å². The van der Waals surface area contributed by atoms with Crippen LogP contribution < -0.4 is 0 Å². The summed E-state index contributed by atoms with van der Waals surface area (Å²) < 4.78 is 17.0. The minimum atomic E-state index is 0.530. The van der Waals surface area contributed by atoms with Crippen molar-refractivity contribution in [2.75, 3.05) is 0 Å². The highest BCUT2D eigenvalue weighted by Crippen LogP contribution is 2.36. The van der Waals surface area contributed by atoms with Gasteiger partial charge in [0.1, 0.15) is 11.0 Å². The van der Waals surface area contributed by atoms with Crippen molar-refractivity contribution in [1.29, 1.82) is 0 Å². The van der Waals surface area contributed by atoms with Gasteiger partial charge in [0.05, 0.1) is 27.8 Å². The fourth-order valence-electron chi connectivity index (χ4n) is 6.65. The maximum atomic E-state index is 6.37. The Balaban J connectivity index is 1.09. The molecule has 4 heterocycles. The van der Waals surface area contributed by atoms with Crippen LogP contribution in [-0.2, 0) is 0 Å². The lowest BCUT2D eigenvalue weighted by molar-refractivity contribution is 0.574. The van der Waals surface area contributed by atoms with Crippen molar-refractivity contribution in [3.05, 3.63) is 133 Å². The van der Waals surface area contributed by atoms with Crippen LogP contribution in [0.1, 0.15) is 0 Å². The SMILES string of the molecule is c1ccc2c(c1)c1ccccc1n2-c1ccc2nc(-c3ccc4oc(-n5c6ccccc6c6ccccc65)nc4c3)oc2c1. The number of rotatable bonds is 3. The lowest BCUT2D eigenvalue weighted by Crippen LogP contribution is -1.93. The highest BCUT2D eigenvalue weighted by molar-refractivity contribution is 6.10. The van der Waals surface area contributed by atoms with Crippen LogP contribution in [0.2, 0.25) is 0 Å². The molecule has 0 atom stereocenters. The number of para-hydroxylation sites is 4. The Hall–Kier alpha value is -6.14. The second kappa shape index (κ2) is 8.69. The van der Waals surface area contributed by atoms with Crippen molar-refractivity contribution in [2.24, 2.45) is 0 Å². The molecule has 6 aromatic carbocycles. The summed E-state index contributed by atoms with van der Waals surface area (Å²) in [4.78, 5) is 9.76. The van der Waals surface area contributed by atoms with Gasteiger partial charge in [-0.2, -0.15) is 4.98 Å². The first kappa shape index (κ1) is 23.4. The topological polar surface area (TPSA) is 61.9 Å². The van der Waals surface area contributed by atoms with E-state index in [-0.39, 0.29) is 0 Å². The lowest BCUT2D eigenvalue weighted by atomic mass is 10.2. The monoisotopic (exact) mass is 566 g/mol. The molecule has 0 saturated heterocycles.